The quantitative estimate of drug-likeness (QED) is 0.471. The fraction of sp³-hybridized carbons (Fsp3) is 0.286. The molecule has 0 saturated heterocycles. The molecule has 0 aliphatic rings. The van der Waals surface area contributed by atoms with Crippen LogP contribution in [0.5, 0.6) is 0 Å². The highest BCUT2D eigenvalue weighted by atomic mass is 16.5. The second kappa shape index (κ2) is 11.5. The largest absolute Gasteiger partial charge is 0.445 e. The number of nitrogens with two attached hydrogens (primary N) is 1. The summed E-state index contributed by atoms with van der Waals surface area (Å²) in [5.74, 6) is -1.21. The van der Waals surface area contributed by atoms with Gasteiger partial charge in [-0.15, -0.1) is 0 Å². The van der Waals surface area contributed by atoms with E-state index in [0.29, 0.717) is 0 Å². The molecule has 8 nitrogen and oxygen atoms in total. The molecule has 154 valence electrons. The second-order valence-electron chi connectivity index (χ2n) is 6.51. The molecule has 2 aromatic rings. The van der Waals surface area contributed by atoms with Gasteiger partial charge in [0.05, 0.1) is 12.5 Å². The Kier molecular flexibility index (Phi) is 8.65. The van der Waals surface area contributed by atoms with Gasteiger partial charge in [0.25, 0.3) is 0 Å². The number of rotatable bonds is 10. The van der Waals surface area contributed by atoms with E-state index in [4.69, 9.17) is 10.5 Å². The Balaban J connectivity index is 1.71. The number of primary amides is 1. The van der Waals surface area contributed by atoms with Crippen molar-refractivity contribution < 1.29 is 24.2 Å². The van der Waals surface area contributed by atoms with Crippen LogP contribution in [0.25, 0.3) is 0 Å². The van der Waals surface area contributed by atoms with Gasteiger partial charge < -0.3 is 26.2 Å². The molecule has 0 aliphatic carbocycles. The number of hydrogen-bond acceptors (Lipinski definition) is 5. The average molecular weight is 399 g/mol. The van der Waals surface area contributed by atoms with Gasteiger partial charge in [-0.1, -0.05) is 60.7 Å². The minimum Gasteiger partial charge on any atom is -0.445 e. The lowest BCUT2D eigenvalue weighted by Crippen LogP contribution is -2.47. The minimum absolute atomic E-state index is 0.100. The number of amides is 3. The monoisotopic (exact) mass is 399 g/mol. The van der Waals surface area contributed by atoms with E-state index in [1.807, 2.05) is 60.7 Å². The summed E-state index contributed by atoms with van der Waals surface area (Å²) in [5, 5.41) is 14.9. The number of nitrogens with one attached hydrogen (secondary N) is 2. The van der Waals surface area contributed by atoms with E-state index >= 15 is 0 Å². The minimum atomic E-state index is -1.13. The Morgan fingerprint density at radius 1 is 0.966 bits per heavy atom. The third kappa shape index (κ3) is 8.44. The number of ether oxygens (including phenoxy) is 1. The first-order valence-electron chi connectivity index (χ1n) is 9.19. The zero-order valence-electron chi connectivity index (χ0n) is 15.9. The van der Waals surface area contributed by atoms with Crippen molar-refractivity contribution in [2.24, 2.45) is 5.73 Å². The second-order valence-corrected chi connectivity index (χ2v) is 6.51. The molecule has 2 aromatic carbocycles. The Morgan fingerprint density at radius 3 is 2.14 bits per heavy atom. The zero-order valence-corrected chi connectivity index (χ0v) is 15.9. The van der Waals surface area contributed by atoms with Gasteiger partial charge in [0.15, 0.2) is 0 Å². The third-order valence-electron chi connectivity index (χ3n) is 4.08. The van der Waals surface area contributed by atoms with Crippen molar-refractivity contribution in [3.8, 4) is 0 Å². The molecule has 8 heteroatoms. The molecule has 0 unspecified atom stereocenters. The lowest BCUT2D eigenvalue weighted by atomic mass is 10.1. The number of benzene rings is 2. The molecule has 0 spiro atoms. The first kappa shape index (κ1) is 21.9. The van der Waals surface area contributed by atoms with Gasteiger partial charge in [-0.25, -0.2) is 4.79 Å². The predicted octanol–water partition coefficient (Wildman–Crippen LogP) is 0.877. The van der Waals surface area contributed by atoms with E-state index in [2.05, 4.69) is 10.6 Å². The molecule has 2 atom stereocenters. The smallest absolute Gasteiger partial charge is 0.407 e. The molecule has 5 N–H and O–H groups in total. The van der Waals surface area contributed by atoms with Crippen LogP contribution in [0.4, 0.5) is 4.79 Å². The highest BCUT2D eigenvalue weighted by molar-refractivity contribution is 5.87. The summed E-state index contributed by atoms with van der Waals surface area (Å²) in [5.41, 5.74) is 7.03. The van der Waals surface area contributed by atoms with Crippen LogP contribution in [0.15, 0.2) is 60.7 Å². The summed E-state index contributed by atoms with van der Waals surface area (Å²) in [4.78, 5) is 35.4. The molecule has 0 aliphatic heterocycles. The van der Waals surface area contributed by atoms with Crippen LogP contribution in [-0.4, -0.2) is 41.7 Å². The standard InChI is InChI=1S/C21H25N3O5/c22-20(27)18(11-15-7-3-1-4-8-15)24-19(26)12-17(25)13-23-21(28)29-14-16-9-5-2-6-10-16/h1-10,17-18,25H,11-14H2,(H2,22,27)(H,23,28)(H,24,26)/t17-,18+/m1/s1. The highest BCUT2D eigenvalue weighted by Gasteiger charge is 2.20. The maximum atomic E-state index is 12.1. The lowest BCUT2D eigenvalue weighted by molar-refractivity contribution is -0.128. The SMILES string of the molecule is NC(=O)[C@H](Cc1ccccc1)NC(=O)C[C@@H](O)CNC(=O)OCc1ccccc1. The van der Waals surface area contributed by atoms with Crippen molar-refractivity contribution in [2.45, 2.75) is 31.6 Å². The fourth-order valence-electron chi connectivity index (χ4n) is 2.59. The van der Waals surface area contributed by atoms with Crippen LogP contribution in [-0.2, 0) is 27.4 Å². The van der Waals surface area contributed by atoms with Crippen molar-refractivity contribution in [1.82, 2.24) is 10.6 Å². The Morgan fingerprint density at radius 2 is 1.55 bits per heavy atom. The highest BCUT2D eigenvalue weighted by Crippen LogP contribution is 2.04. The number of carbonyl (C=O) groups is 3. The molecule has 2 rings (SSSR count). The molecule has 0 bridgehead atoms. The number of aliphatic hydroxyl groups is 1. The lowest BCUT2D eigenvalue weighted by Gasteiger charge is -2.17. The topological polar surface area (TPSA) is 131 Å². The molecule has 3 amide bonds. The van der Waals surface area contributed by atoms with Crippen LogP contribution in [0, 0.1) is 0 Å². The zero-order chi connectivity index (χ0) is 21.1. The van der Waals surface area contributed by atoms with Gasteiger partial charge in [0, 0.05) is 13.0 Å². The molecular weight excluding hydrogens is 374 g/mol. The van der Waals surface area contributed by atoms with E-state index in [9.17, 15) is 19.5 Å². The summed E-state index contributed by atoms with van der Waals surface area (Å²) >= 11 is 0. The third-order valence-corrected chi connectivity index (χ3v) is 4.08. The summed E-state index contributed by atoms with van der Waals surface area (Å²) < 4.78 is 5.02. The van der Waals surface area contributed by atoms with Crippen LogP contribution in [0.2, 0.25) is 0 Å². The van der Waals surface area contributed by atoms with E-state index in [1.165, 1.54) is 0 Å². The van der Waals surface area contributed by atoms with E-state index in [-0.39, 0.29) is 26.0 Å². The Hall–Kier alpha value is -3.39. The maximum absolute atomic E-state index is 12.1. The number of hydrogen-bond donors (Lipinski definition) is 4. The van der Waals surface area contributed by atoms with Crippen LogP contribution in [0.1, 0.15) is 17.5 Å². The molecule has 0 saturated carbocycles. The fourth-order valence-corrected chi connectivity index (χ4v) is 2.59. The Labute approximate surface area is 169 Å². The molecular formula is C21H25N3O5. The van der Waals surface area contributed by atoms with Gasteiger partial charge >= 0.3 is 6.09 Å². The van der Waals surface area contributed by atoms with Crippen LogP contribution < -0.4 is 16.4 Å². The van der Waals surface area contributed by atoms with Gasteiger partial charge in [-0.3, -0.25) is 9.59 Å². The van der Waals surface area contributed by atoms with Crippen LogP contribution in [0.3, 0.4) is 0 Å². The van der Waals surface area contributed by atoms with Gasteiger partial charge in [-0.05, 0) is 11.1 Å². The Bertz CT molecular complexity index is 798. The molecule has 0 fully saturated rings. The predicted molar refractivity (Wildman–Crippen MR) is 107 cm³/mol. The first-order chi connectivity index (χ1) is 13.9. The summed E-state index contributed by atoms with van der Waals surface area (Å²) in [7, 11) is 0. The average Bonchev–Trinajstić information content (AvgIpc) is 2.71. The summed E-state index contributed by atoms with van der Waals surface area (Å²) in [6.45, 7) is -0.0655. The van der Waals surface area contributed by atoms with Crippen molar-refractivity contribution >= 4 is 17.9 Å². The van der Waals surface area contributed by atoms with E-state index in [0.717, 1.165) is 11.1 Å². The van der Waals surface area contributed by atoms with Crippen molar-refractivity contribution in [3.63, 3.8) is 0 Å². The first-order valence-corrected chi connectivity index (χ1v) is 9.19. The summed E-state index contributed by atoms with van der Waals surface area (Å²) in [6.07, 6.45) is -1.88. The van der Waals surface area contributed by atoms with Crippen LogP contribution >= 0.6 is 0 Å². The van der Waals surface area contributed by atoms with Crippen molar-refractivity contribution in [2.75, 3.05) is 6.54 Å². The molecule has 0 heterocycles. The maximum Gasteiger partial charge on any atom is 0.407 e. The number of alkyl carbamates (subject to hydrolysis) is 1. The van der Waals surface area contributed by atoms with Gasteiger partial charge in [0.1, 0.15) is 12.6 Å². The van der Waals surface area contributed by atoms with E-state index < -0.39 is 30.1 Å². The molecule has 29 heavy (non-hydrogen) atoms. The van der Waals surface area contributed by atoms with Crippen molar-refractivity contribution in [1.29, 1.82) is 0 Å². The number of aliphatic hydroxyl groups excluding tert-OH is 1. The number of carbonyl (C=O) groups excluding carboxylic acids is 3. The van der Waals surface area contributed by atoms with Crippen molar-refractivity contribution in [3.05, 3.63) is 71.8 Å². The summed E-state index contributed by atoms with van der Waals surface area (Å²) in [6, 6.07) is 17.4. The van der Waals surface area contributed by atoms with Gasteiger partial charge in [-0.2, -0.15) is 0 Å². The normalized spacial score (nSPS) is 12.4. The molecule has 0 radical (unpaired) electrons. The van der Waals surface area contributed by atoms with E-state index in [1.54, 1.807) is 0 Å². The molecule has 0 aromatic heterocycles. The van der Waals surface area contributed by atoms with Gasteiger partial charge in [0.2, 0.25) is 11.8 Å².